The second-order valence-corrected chi connectivity index (χ2v) is 8.32. The molecule has 148 valence electrons. The first-order valence-electron chi connectivity index (χ1n) is 9.47. The third-order valence-corrected chi connectivity index (χ3v) is 5.13. The Kier molecular flexibility index (Phi) is 3.68. The Morgan fingerprint density at radius 2 is 2.00 bits per heavy atom. The van der Waals surface area contributed by atoms with Gasteiger partial charge in [0.15, 0.2) is 0 Å². The minimum atomic E-state index is -0.221. The summed E-state index contributed by atoms with van der Waals surface area (Å²) in [4.78, 5) is 9.26. The Morgan fingerprint density at radius 1 is 1.17 bits per heavy atom. The van der Waals surface area contributed by atoms with Crippen LogP contribution in [0.1, 0.15) is 37.9 Å². The summed E-state index contributed by atoms with van der Waals surface area (Å²) >= 11 is 0. The van der Waals surface area contributed by atoms with Gasteiger partial charge in [-0.1, -0.05) is 25.9 Å². The molecule has 8 nitrogen and oxygen atoms in total. The van der Waals surface area contributed by atoms with E-state index in [1.165, 1.54) is 0 Å². The number of aryl methyl sites for hydroxylation is 1. The summed E-state index contributed by atoms with van der Waals surface area (Å²) in [6.07, 6.45) is 4.52. The highest BCUT2D eigenvalue weighted by atomic mass is 16.5. The number of imidazole rings is 1. The number of ether oxygens (including phenoxy) is 1. The van der Waals surface area contributed by atoms with Crippen LogP contribution in [-0.2, 0) is 18.9 Å². The first kappa shape index (κ1) is 17.7. The molecule has 0 bridgehead atoms. The molecule has 0 N–H and O–H groups in total. The Balaban J connectivity index is 1.72. The van der Waals surface area contributed by atoms with Crippen molar-refractivity contribution in [3.63, 3.8) is 0 Å². The van der Waals surface area contributed by atoms with Crippen molar-refractivity contribution in [2.75, 3.05) is 7.11 Å². The van der Waals surface area contributed by atoms with Crippen molar-refractivity contribution in [2.45, 2.75) is 32.6 Å². The molecule has 1 aliphatic rings. The molecule has 0 fully saturated rings. The largest absolute Gasteiger partial charge is 0.497 e. The monoisotopic (exact) mass is 390 g/mol. The highest BCUT2D eigenvalue weighted by Crippen LogP contribution is 2.38. The fourth-order valence-corrected chi connectivity index (χ4v) is 3.68. The van der Waals surface area contributed by atoms with Gasteiger partial charge < -0.3 is 13.8 Å². The van der Waals surface area contributed by atoms with Crippen molar-refractivity contribution in [1.82, 2.24) is 29.5 Å². The molecule has 0 aliphatic carbocycles. The predicted octanol–water partition coefficient (Wildman–Crippen LogP) is 3.53. The van der Waals surface area contributed by atoms with E-state index in [0.717, 1.165) is 39.6 Å². The lowest BCUT2D eigenvalue weighted by Gasteiger charge is -2.11. The van der Waals surface area contributed by atoms with E-state index in [-0.39, 0.29) is 5.41 Å². The summed E-state index contributed by atoms with van der Waals surface area (Å²) in [6, 6.07) is 5.99. The van der Waals surface area contributed by atoms with Gasteiger partial charge in [0.25, 0.3) is 0 Å². The number of fused-ring (bicyclic) bond motifs is 5. The summed E-state index contributed by atoms with van der Waals surface area (Å²) < 4.78 is 14.9. The normalized spacial score (nSPS) is 12.9. The lowest BCUT2D eigenvalue weighted by Crippen LogP contribution is -2.11. The number of benzene rings is 1. The molecule has 0 unspecified atom stereocenters. The van der Waals surface area contributed by atoms with Crippen LogP contribution >= 0.6 is 0 Å². The smallest absolute Gasteiger partial charge is 0.232 e. The summed E-state index contributed by atoms with van der Waals surface area (Å²) in [5.74, 6) is 1.89. The molecule has 29 heavy (non-hydrogen) atoms. The Labute approximate surface area is 168 Å². The van der Waals surface area contributed by atoms with Gasteiger partial charge >= 0.3 is 0 Å². The van der Waals surface area contributed by atoms with Crippen LogP contribution in [0.5, 0.6) is 5.75 Å². The number of nitrogens with zero attached hydrogens (tertiary/aromatic N) is 6. The molecular weight excluding hydrogens is 368 g/mol. The van der Waals surface area contributed by atoms with Crippen molar-refractivity contribution in [2.24, 2.45) is 7.05 Å². The zero-order valence-electron chi connectivity index (χ0n) is 17.1. The van der Waals surface area contributed by atoms with E-state index in [1.54, 1.807) is 7.11 Å². The maximum Gasteiger partial charge on any atom is 0.232 e. The molecule has 5 rings (SSSR count). The topological polar surface area (TPSA) is 83.8 Å². The molecule has 0 amide bonds. The average Bonchev–Trinajstić information content (AvgIpc) is 3.38. The van der Waals surface area contributed by atoms with Crippen LogP contribution < -0.4 is 4.74 Å². The fraction of sp³-hybridized carbons (Fsp3) is 0.333. The van der Waals surface area contributed by atoms with E-state index < -0.39 is 0 Å². The van der Waals surface area contributed by atoms with Gasteiger partial charge in [-0.2, -0.15) is 10.1 Å². The summed E-state index contributed by atoms with van der Waals surface area (Å²) in [6.45, 7) is 6.14. The summed E-state index contributed by atoms with van der Waals surface area (Å²) in [5, 5.41) is 8.91. The van der Waals surface area contributed by atoms with E-state index in [1.807, 2.05) is 63.2 Å². The van der Waals surface area contributed by atoms with Crippen molar-refractivity contribution in [3.8, 4) is 34.2 Å². The number of hydrogen-bond donors (Lipinski definition) is 0. The molecule has 0 spiro atoms. The number of methoxy groups -OCH3 is 1. The maximum absolute atomic E-state index is 5.51. The molecule has 1 aromatic carbocycles. The van der Waals surface area contributed by atoms with Gasteiger partial charge in [0, 0.05) is 36.2 Å². The van der Waals surface area contributed by atoms with Crippen LogP contribution in [0, 0.1) is 0 Å². The van der Waals surface area contributed by atoms with Crippen molar-refractivity contribution in [1.29, 1.82) is 0 Å². The van der Waals surface area contributed by atoms with Crippen LogP contribution in [0.15, 0.2) is 35.2 Å². The van der Waals surface area contributed by atoms with E-state index in [4.69, 9.17) is 14.4 Å². The third kappa shape index (κ3) is 2.74. The third-order valence-electron chi connectivity index (χ3n) is 5.13. The molecule has 3 aromatic heterocycles. The zero-order chi connectivity index (χ0) is 20.3. The van der Waals surface area contributed by atoms with Gasteiger partial charge in [-0.05, 0) is 18.2 Å². The second-order valence-electron chi connectivity index (χ2n) is 8.32. The van der Waals surface area contributed by atoms with Gasteiger partial charge in [0.05, 0.1) is 24.2 Å². The van der Waals surface area contributed by atoms with Crippen LogP contribution in [0.2, 0.25) is 0 Å². The minimum Gasteiger partial charge on any atom is -0.497 e. The van der Waals surface area contributed by atoms with E-state index in [0.29, 0.717) is 18.1 Å². The lowest BCUT2D eigenvalue weighted by atomic mass is 9.97. The van der Waals surface area contributed by atoms with Crippen LogP contribution in [0.4, 0.5) is 0 Å². The van der Waals surface area contributed by atoms with Crippen molar-refractivity contribution >= 4 is 0 Å². The van der Waals surface area contributed by atoms with Crippen LogP contribution in [0.3, 0.4) is 0 Å². The van der Waals surface area contributed by atoms with E-state index >= 15 is 0 Å². The SMILES string of the molecule is COc1ccc2c(c1)-c1nn(C)cc1Cc1c(-c3noc(C(C)(C)C)n3)ncn1-2. The zero-order valence-corrected chi connectivity index (χ0v) is 17.1. The standard InChI is InChI=1S/C21H22N6O2/c1-21(2,3)20-23-19(25-29-20)18-16-8-12-10-26(4)24-17(12)14-9-13(28-5)6-7-15(14)27(16)11-22-18/h6-7,9-11H,8H2,1-5H3. The molecule has 4 heterocycles. The number of hydrogen-bond acceptors (Lipinski definition) is 6. The molecule has 4 aromatic rings. The number of aromatic nitrogens is 6. The molecular formula is C21H22N6O2. The van der Waals surface area contributed by atoms with Gasteiger partial charge in [-0.15, -0.1) is 0 Å². The highest BCUT2D eigenvalue weighted by Gasteiger charge is 2.29. The fourth-order valence-electron chi connectivity index (χ4n) is 3.68. The Bertz CT molecular complexity index is 1220. The Hall–Kier alpha value is -3.42. The molecule has 0 saturated carbocycles. The van der Waals surface area contributed by atoms with Crippen molar-refractivity contribution < 1.29 is 9.26 Å². The number of rotatable bonds is 2. The van der Waals surface area contributed by atoms with Gasteiger partial charge in [-0.3, -0.25) is 4.68 Å². The van der Waals surface area contributed by atoms with Crippen LogP contribution in [0.25, 0.3) is 28.5 Å². The molecule has 0 radical (unpaired) electrons. The molecule has 0 atom stereocenters. The molecule has 8 heteroatoms. The average molecular weight is 390 g/mol. The highest BCUT2D eigenvalue weighted by molar-refractivity contribution is 5.77. The van der Waals surface area contributed by atoms with Gasteiger partial charge in [0.2, 0.25) is 11.7 Å². The van der Waals surface area contributed by atoms with E-state index in [2.05, 4.69) is 19.7 Å². The quantitative estimate of drug-likeness (QED) is 0.458. The van der Waals surface area contributed by atoms with Gasteiger partial charge in [-0.25, -0.2) is 4.98 Å². The predicted molar refractivity (Wildman–Crippen MR) is 107 cm³/mol. The molecule has 0 saturated heterocycles. The second kappa shape index (κ2) is 6.04. The van der Waals surface area contributed by atoms with E-state index in [9.17, 15) is 0 Å². The first-order chi connectivity index (χ1) is 13.8. The minimum absolute atomic E-state index is 0.221. The summed E-state index contributed by atoms with van der Waals surface area (Å²) in [5.41, 5.74) is 5.57. The maximum atomic E-state index is 5.51. The molecule has 1 aliphatic heterocycles. The first-order valence-corrected chi connectivity index (χ1v) is 9.47. The lowest BCUT2D eigenvalue weighted by molar-refractivity contribution is 0.321. The Morgan fingerprint density at radius 3 is 2.72 bits per heavy atom. The van der Waals surface area contributed by atoms with Crippen molar-refractivity contribution in [3.05, 3.63) is 47.9 Å². The van der Waals surface area contributed by atoms with Gasteiger partial charge in [0.1, 0.15) is 17.8 Å². The van der Waals surface area contributed by atoms with Crippen LogP contribution in [-0.4, -0.2) is 36.6 Å². The summed E-state index contributed by atoms with van der Waals surface area (Å²) in [7, 11) is 3.60.